The van der Waals surface area contributed by atoms with Gasteiger partial charge in [0, 0.05) is 6.54 Å². The van der Waals surface area contributed by atoms with E-state index in [1.54, 1.807) is 0 Å². The molecule has 1 aliphatic rings. The lowest BCUT2D eigenvalue weighted by Crippen LogP contribution is -2.57. The van der Waals surface area contributed by atoms with E-state index < -0.39 is 47.9 Å². The number of amides is 3. The van der Waals surface area contributed by atoms with Crippen LogP contribution in [0.2, 0.25) is 0 Å². The minimum atomic E-state index is -1.04. The molecule has 1 aliphatic heterocycles. The van der Waals surface area contributed by atoms with Crippen LogP contribution < -0.4 is 22.1 Å². The summed E-state index contributed by atoms with van der Waals surface area (Å²) in [5.74, 6) is -1.74. The molecule has 11 heteroatoms. The van der Waals surface area contributed by atoms with Crippen LogP contribution in [0.5, 0.6) is 0 Å². The summed E-state index contributed by atoms with van der Waals surface area (Å²) in [5.41, 5.74) is 11.6. The second-order valence-corrected chi connectivity index (χ2v) is 9.61. The van der Waals surface area contributed by atoms with Gasteiger partial charge in [-0.25, -0.2) is 4.79 Å². The first-order valence-corrected chi connectivity index (χ1v) is 13.2. The van der Waals surface area contributed by atoms with Crippen molar-refractivity contribution in [3.8, 4) is 0 Å². The first-order valence-electron chi connectivity index (χ1n) is 11.8. The summed E-state index contributed by atoms with van der Waals surface area (Å²) >= 11 is 1.53. The number of likely N-dealkylation sites (tertiary alicyclic amines) is 1. The number of thioether (sulfide) groups is 1. The lowest BCUT2D eigenvalue weighted by molar-refractivity contribution is -0.149. The van der Waals surface area contributed by atoms with Crippen molar-refractivity contribution in [2.75, 3.05) is 25.1 Å². The van der Waals surface area contributed by atoms with Crippen LogP contribution in [-0.2, 0) is 19.2 Å². The molecular weight excluding hydrogens is 446 g/mol. The number of hydrogen-bond acceptors (Lipinski definition) is 7. The topological polar surface area (TPSA) is 168 Å². The van der Waals surface area contributed by atoms with Crippen molar-refractivity contribution in [1.82, 2.24) is 15.5 Å². The van der Waals surface area contributed by atoms with Gasteiger partial charge in [-0.05, 0) is 63.0 Å². The maximum atomic E-state index is 13.2. The predicted molar refractivity (Wildman–Crippen MR) is 130 cm³/mol. The van der Waals surface area contributed by atoms with Gasteiger partial charge >= 0.3 is 5.97 Å². The summed E-state index contributed by atoms with van der Waals surface area (Å²) < 4.78 is 0. The Kier molecular flexibility index (Phi) is 13.4. The number of nitrogens with two attached hydrogens (primary N) is 2. The number of carbonyl (C=O) groups is 4. The van der Waals surface area contributed by atoms with E-state index in [0.717, 1.165) is 6.42 Å². The first kappa shape index (κ1) is 29.2. The quantitative estimate of drug-likeness (QED) is 0.205. The molecule has 5 atom stereocenters. The molecule has 0 saturated carbocycles. The maximum absolute atomic E-state index is 13.2. The Morgan fingerprint density at radius 3 is 2.36 bits per heavy atom. The fourth-order valence-corrected chi connectivity index (χ4v) is 4.27. The smallest absolute Gasteiger partial charge is 0.326 e. The van der Waals surface area contributed by atoms with Crippen LogP contribution in [0.4, 0.5) is 0 Å². The Balaban J connectivity index is 2.97. The minimum absolute atomic E-state index is 0.0447. The molecule has 0 aromatic carbocycles. The molecule has 7 N–H and O–H groups in total. The number of rotatable bonds is 15. The molecule has 0 aromatic heterocycles. The summed E-state index contributed by atoms with van der Waals surface area (Å²) in [7, 11) is 0. The molecule has 1 saturated heterocycles. The number of hydrogen-bond donors (Lipinski definition) is 5. The average molecular weight is 488 g/mol. The number of carbonyl (C=O) groups excluding carboxylic acids is 3. The molecule has 190 valence electrons. The van der Waals surface area contributed by atoms with Crippen molar-refractivity contribution in [2.45, 2.75) is 83.0 Å². The van der Waals surface area contributed by atoms with Crippen LogP contribution in [-0.4, -0.2) is 83.0 Å². The molecule has 0 bridgehead atoms. The molecular formula is C22H41N5O5S. The Labute approximate surface area is 200 Å². The Hall–Kier alpha value is -1.85. The highest BCUT2D eigenvalue weighted by molar-refractivity contribution is 7.98. The number of nitrogens with one attached hydrogen (secondary N) is 2. The van der Waals surface area contributed by atoms with Gasteiger partial charge in [0.05, 0.1) is 6.04 Å². The standard InChI is InChI=1S/C22H41N5O5S/c1-4-14(2)18(24)20(29)25-15(8-5-6-11-23)19(28)26-16(10-13-33-3)21(30)27-12-7-9-17(27)22(31)32/h14-18H,4-13,23-24H2,1-3H3,(H,25,29)(H,26,28)(H,31,32). The van der Waals surface area contributed by atoms with Gasteiger partial charge < -0.3 is 32.1 Å². The van der Waals surface area contributed by atoms with Gasteiger partial charge in [0.2, 0.25) is 17.7 Å². The van der Waals surface area contributed by atoms with Crippen molar-refractivity contribution in [3.05, 3.63) is 0 Å². The third kappa shape index (κ3) is 9.13. The van der Waals surface area contributed by atoms with Crippen LogP contribution >= 0.6 is 11.8 Å². The predicted octanol–water partition coefficient (Wildman–Crippen LogP) is 0.287. The zero-order valence-electron chi connectivity index (χ0n) is 20.0. The van der Waals surface area contributed by atoms with Gasteiger partial charge in [-0.1, -0.05) is 20.3 Å². The molecule has 0 radical (unpaired) electrons. The first-order chi connectivity index (χ1) is 15.7. The van der Waals surface area contributed by atoms with E-state index in [4.69, 9.17) is 11.5 Å². The van der Waals surface area contributed by atoms with E-state index >= 15 is 0 Å². The molecule has 0 aromatic rings. The zero-order valence-corrected chi connectivity index (χ0v) is 20.9. The largest absolute Gasteiger partial charge is 0.480 e. The molecule has 0 spiro atoms. The zero-order chi connectivity index (χ0) is 25.0. The van der Waals surface area contributed by atoms with Crippen molar-refractivity contribution in [2.24, 2.45) is 17.4 Å². The normalized spacial score (nSPS) is 19.4. The molecule has 5 unspecified atom stereocenters. The lowest BCUT2D eigenvalue weighted by atomic mass is 9.98. The molecule has 1 fully saturated rings. The number of unbranched alkanes of at least 4 members (excludes halogenated alkanes) is 1. The van der Waals surface area contributed by atoms with Crippen LogP contribution in [0.25, 0.3) is 0 Å². The average Bonchev–Trinajstić information content (AvgIpc) is 3.29. The Bertz CT molecular complexity index is 665. The van der Waals surface area contributed by atoms with Gasteiger partial charge in [0.25, 0.3) is 0 Å². The fourth-order valence-electron chi connectivity index (χ4n) is 3.79. The Morgan fingerprint density at radius 1 is 1.12 bits per heavy atom. The summed E-state index contributed by atoms with van der Waals surface area (Å²) in [4.78, 5) is 51.8. The Morgan fingerprint density at radius 2 is 1.79 bits per heavy atom. The van der Waals surface area contributed by atoms with Gasteiger partial charge in [-0.2, -0.15) is 11.8 Å². The number of carboxylic acid groups (broad SMARTS) is 1. The maximum Gasteiger partial charge on any atom is 0.326 e. The molecule has 1 heterocycles. The minimum Gasteiger partial charge on any atom is -0.480 e. The monoisotopic (exact) mass is 487 g/mol. The van der Waals surface area contributed by atoms with E-state index in [1.165, 1.54) is 16.7 Å². The van der Waals surface area contributed by atoms with Crippen molar-refractivity contribution in [1.29, 1.82) is 0 Å². The highest BCUT2D eigenvalue weighted by atomic mass is 32.2. The SMILES string of the molecule is CCC(C)C(N)C(=O)NC(CCCCN)C(=O)NC(CCSC)C(=O)N1CCCC1C(=O)O. The summed E-state index contributed by atoms with van der Waals surface area (Å²) in [6, 6.07) is -3.32. The van der Waals surface area contributed by atoms with Gasteiger partial charge in [0.15, 0.2) is 0 Å². The lowest BCUT2D eigenvalue weighted by Gasteiger charge is -2.29. The molecule has 33 heavy (non-hydrogen) atoms. The molecule has 0 aliphatic carbocycles. The van der Waals surface area contributed by atoms with E-state index in [2.05, 4.69) is 10.6 Å². The molecule has 1 rings (SSSR count). The highest BCUT2D eigenvalue weighted by Crippen LogP contribution is 2.20. The highest BCUT2D eigenvalue weighted by Gasteiger charge is 2.38. The van der Waals surface area contributed by atoms with E-state index in [1.807, 2.05) is 20.1 Å². The third-order valence-corrected chi connectivity index (χ3v) is 6.83. The molecule has 10 nitrogen and oxygen atoms in total. The number of nitrogens with zero attached hydrogens (tertiary/aromatic N) is 1. The fraction of sp³-hybridized carbons (Fsp3) is 0.818. The van der Waals surface area contributed by atoms with Crippen LogP contribution in [0.1, 0.15) is 58.8 Å². The van der Waals surface area contributed by atoms with Gasteiger partial charge in [-0.15, -0.1) is 0 Å². The van der Waals surface area contributed by atoms with Gasteiger partial charge in [0.1, 0.15) is 18.1 Å². The van der Waals surface area contributed by atoms with Crippen LogP contribution in [0.3, 0.4) is 0 Å². The van der Waals surface area contributed by atoms with Gasteiger partial charge in [-0.3, -0.25) is 14.4 Å². The second-order valence-electron chi connectivity index (χ2n) is 8.63. The van der Waals surface area contributed by atoms with Crippen molar-refractivity contribution >= 4 is 35.5 Å². The second kappa shape index (κ2) is 15.1. The summed E-state index contributed by atoms with van der Waals surface area (Å²) in [5, 5.41) is 15.0. The number of carboxylic acids is 1. The van der Waals surface area contributed by atoms with E-state index in [9.17, 15) is 24.3 Å². The van der Waals surface area contributed by atoms with Crippen molar-refractivity contribution in [3.63, 3.8) is 0 Å². The summed E-state index contributed by atoms with van der Waals surface area (Å²) in [6.07, 6.45) is 5.68. The van der Waals surface area contributed by atoms with E-state index in [-0.39, 0.29) is 5.92 Å². The summed E-state index contributed by atoms with van der Waals surface area (Å²) in [6.45, 7) is 4.63. The van der Waals surface area contributed by atoms with Crippen LogP contribution in [0, 0.1) is 5.92 Å². The van der Waals surface area contributed by atoms with Crippen LogP contribution in [0.15, 0.2) is 0 Å². The van der Waals surface area contributed by atoms with E-state index in [0.29, 0.717) is 57.4 Å². The third-order valence-electron chi connectivity index (χ3n) is 6.19. The molecule has 3 amide bonds. The van der Waals surface area contributed by atoms with Crippen molar-refractivity contribution < 1.29 is 24.3 Å². The number of aliphatic carboxylic acids is 1.